The van der Waals surface area contributed by atoms with Crippen molar-refractivity contribution in [3.8, 4) is 11.5 Å². The Morgan fingerprint density at radius 2 is 2.08 bits per heavy atom. The fourth-order valence-electron chi connectivity index (χ4n) is 4.78. The van der Waals surface area contributed by atoms with Gasteiger partial charge in [0.15, 0.2) is 5.65 Å². The first-order valence-corrected chi connectivity index (χ1v) is 12.6. The standard InChI is InChI=1S/C27H33N5O5/c1-26(2,3)37-25(34)31-10-6-8-18(31)16-35-22-13-21-17(14-27(4,5)36-21)12-20(22)30-24(33)19-15-29-32-11-7-9-28-23(19)32/h7,9,11-13,15,18H,6,8,10,14,16H2,1-5H3,(H,30,33). The molecule has 2 aliphatic heterocycles. The highest BCUT2D eigenvalue weighted by Gasteiger charge is 2.34. The number of benzene rings is 1. The molecule has 196 valence electrons. The van der Waals surface area contributed by atoms with Crippen molar-refractivity contribution in [1.29, 1.82) is 0 Å². The molecule has 2 amide bonds. The summed E-state index contributed by atoms with van der Waals surface area (Å²) >= 11 is 0. The van der Waals surface area contributed by atoms with E-state index in [1.54, 1.807) is 27.9 Å². The summed E-state index contributed by atoms with van der Waals surface area (Å²) in [5, 5.41) is 7.20. The van der Waals surface area contributed by atoms with Crippen LogP contribution in [0.3, 0.4) is 0 Å². The van der Waals surface area contributed by atoms with Gasteiger partial charge < -0.3 is 24.4 Å². The van der Waals surface area contributed by atoms with E-state index in [4.69, 9.17) is 14.2 Å². The number of rotatable bonds is 5. The first kappa shape index (κ1) is 24.9. The third-order valence-electron chi connectivity index (χ3n) is 6.37. The molecule has 1 unspecified atom stereocenters. The van der Waals surface area contributed by atoms with Crippen LogP contribution in [0.5, 0.6) is 11.5 Å². The smallest absolute Gasteiger partial charge is 0.410 e. The first-order chi connectivity index (χ1) is 17.5. The second-order valence-electron chi connectivity index (χ2n) is 11.2. The summed E-state index contributed by atoms with van der Waals surface area (Å²) in [4.78, 5) is 32.0. The normalized spacial score (nSPS) is 18.4. The van der Waals surface area contributed by atoms with Crippen LogP contribution >= 0.6 is 0 Å². The highest BCUT2D eigenvalue weighted by molar-refractivity contribution is 6.08. The molecule has 0 bridgehead atoms. The minimum absolute atomic E-state index is 0.132. The van der Waals surface area contributed by atoms with Gasteiger partial charge in [-0.15, -0.1) is 0 Å². The lowest BCUT2D eigenvalue weighted by Gasteiger charge is -2.28. The van der Waals surface area contributed by atoms with E-state index in [2.05, 4.69) is 15.4 Å². The molecule has 4 heterocycles. The minimum atomic E-state index is -0.570. The monoisotopic (exact) mass is 507 g/mol. The zero-order valence-corrected chi connectivity index (χ0v) is 21.9. The molecular formula is C27H33N5O5. The van der Waals surface area contributed by atoms with Gasteiger partial charge in [-0.25, -0.2) is 14.3 Å². The maximum absolute atomic E-state index is 13.2. The summed E-state index contributed by atoms with van der Waals surface area (Å²) in [6.45, 7) is 10.5. The van der Waals surface area contributed by atoms with E-state index in [-0.39, 0.29) is 30.3 Å². The summed E-state index contributed by atoms with van der Waals surface area (Å²) in [5.41, 5.74) is 1.42. The molecule has 0 spiro atoms. The van der Waals surface area contributed by atoms with Crippen LogP contribution in [-0.4, -0.2) is 61.9 Å². The topological polar surface area (TPSA) is 107 Å². The Hall–Kier alpha value is -3.82. The summed E-state index contributed by atoms with van der Waals surface area (Å²) in [7, 11) is 0. The van der Waals surface area contributed by atoms with Gasteiger partial charge in [-0.1, -0.05) is 0 Å². The molecule has 0 saturated carbocycles. The number of carbonyl (C=O) groups excluding carboxylic acids is 2. The molecule has 1 atom stereocenters. The maximum Gasteiger partial charge on any atom is 0.410 e. The SMILES string of the molecule is CC(C)(C)OC(=O)N1CCCC1COc1cc2c(cc1NC(=O)c1cnn3cccnc13)CC(C)(C)O2. The zero-order chi connectivity index (χ0) is 26.4. The Morgan fingerprint density at radius 1 is 1.27 bits per heavy atom. The predicted octanol–water partition coefficient (Wildman–Crippen LogP) is 4.47. The van der Waals surface area contributed by atoms with Crippen LogP contribution in [0, 0.1) is 0 Å². The number of nitrogens with zero attached hydrogens (tertiary/aromatic N) is 4. The second-order valence-corrected chi connectivity index (χ2v) is 11.2. The minimum Gasteiger partial charge on any atom is -0.489 e. The van der Waals surface area contributed by atoms with Crippen molar-refractivity contribution in [1.82, 2.24) is 19.5 Å². The molecule has 10 nitrogen and oxygen atoms in total. The van der Waals surface area contributed by atoms with Gasteiger partial charge in [-0.05, 0) is 59.6 Å². The highest BCUT2D eigenvalue weighted by Crippen LogP contribution is 2.41. The lowest BCUT2D eigenvalue weighted by molar-refractivity contribution is 0.0187. The van der Waals surface area contributed by atoms with Crippen LogP contribution in [-0.2, 0) is 11.2 Å². The van der Waals surface area contributed by atoms with Crippen molar-refractivity contribution in [3.63, 3.8) is 0 Å². The van der Waals surface area contributed by atoms with Gasteiger partial charge >= 0.3 is 6.09 Å². The second kappa shape index (κ2) is 9.24. The fraction of sp³-hybridized carbons (Fsp3) is 0.481. The number of amides is 2. The van der Waals surface area contributed by atoms with Crippen molar-refractivity contribution in [3.05, 3.63) is 47.9 Å². The van der Waals surface area contributed by atoms with E-state index in [1.165, 1.54) is 6.20 Å². The Kier molecular flexibility index (Phi) is 6.21. The van der Waals surface area contributed by atoms with E-state index in [1.807, 2.05) is 46.8 Å². The van der Waals surface area contributed by atoms with Crippen molar-refractivity contribution >= 4 is 23.3 Å². The molecule has 0 radical (unpaired) electrons. The number of aromatic nitrogens is 3. The Bertz CT molecular complexity index is 1340. The van der Waals surface area contributed by atoms with E-state index in [0.717, 1.165) is 24.2 Å². The van der Waals surface area contributed by atoms with Gasteiger partial charge in [0.2, 0.25) is 0 Å². The average molecular weight is 508 g/mol. The van der Waals surface area contributed by atoms with E-state index < -0.39 is 5.60 Å². The van der Waals surface area contributed by atoms with Crippen LogP contribution in [0.15, 0.2) is 36.8 Å². The Labute approximate surface area is 215 Å². The Morgan fingerprint density at radius 3 is 2.86 bits per heavy atom. The van der Waals surface area contributed by atoms with Crippen LogP contribution in [0.4, 0.5) is 10.5 Å². The molecule has 0 aliphatic carbocycles. The number of hydrogen-bond acceptors (Lipinski definition) is 7. The molecule has 1 saturated heterocycles. The molecule has 1 fully saturated rings. The number of hydrogen-bond donors (Lipinski definition) is 1. The first-order valence-electron chi connectivity index (χ1n) is 12.6. The number of anilines is 1. The van der Waals surface area contributed by atoms with Crippen molar-refractivity contribution in [2.45, 2.75) is 71.1 Å². The summed E-state index contributed by atoms with van der Waals surface area (Å²) < 4.78 is 19.5. The molecule has 5 rings (SSSR count). The molecule has 2 aromatic heterocycles. The average Bonchev–Trinajstić information content (AvgIpc) is 3.51. The third-order valence-corrected chi connectivity index (χ3v) is 6.37. The molecule has 3 aromatic rings. The van der Waals surface area contributed by atoms with Crippen LogP contribution < -0.4 is 14.8 Å². The molecule has 1 aromatic carbocycles. The van der Waals surface area contributed by atoms with Gasteiger partial charge in [-0.2, -0.15) is 5.10 Å². The van der Waals surface area contributed by atoms with Crippen LogP contribution in [0.25, 0.3) is 5.65 Å². The fourth-order valence-corrected chi connectivity index (χ4v) is 4.78. The number of nitrogens with one attached hydrogen (secondary N) is 1. The van der Waals surface area contributed by atoms with Gasteiger partial charge in [0.05, 0.1) is 17.9 Å². The number of fused-ring (bicyclic) bond motifs is 2. The van der Waals surface area contributed by atoms with Crippen molar-refractivity contribution in [2.24, 2.45) is 0 Å². The van der Waals surface area contributed by atoms with Crippen LogP contribution in [0.2, 0.25) is 0 Å². The lowest BCUT2D eigenvalue weighted by Crippen LogP contribution is -2.42. The lowest BCUT2D eigenvalue weighted by atomic mass is 10.0. The molecule has 37 heavy (non-hydrogen) atoms. The van der Waals surface area contributed by atoms with Crippen molar-refractivity contribution < 1.29 is 23.8 Å². The maximum atomic E-state index is 13.2. The molecule has 2 aliphatic rings. The highest BCUT2D eigenvalue weighted by atomic mass is 16.6. The summed E-state index contributed by atoms with van der Waals surface area (Å²) in [6, 6.07) is 5.34. The molecular weight excluding hydrogens is 474 g/mol. The van der Waals surface area contributed by atoms with Gasteiger partial charge in [0, 0.05) is 37.0 Å². The van der Waals surface area contributed by atoms with Crippen molar-refractivity contribution in [2.75, 3.05) is 18.5 Å². The largest absolute Gasteiger partial charge is 0.489 e. The zero-order valence-electron chi connectivity index (χ0n) is 21.9. The third kappa shape index (κ3) is 5.33. The Balaban J connectivity index is 1.38. The van der Waals surface area contributed by atoms with E-state index >= 15 is 0 Å². The molecule has 1 N–H and O–H groups in total. The quantitative estimate of drug-likeness (QED) is 0.543. The number of ether oxygens (including phenoxy) is 3. The van der Waals surface area contributed by atoms with Crippen LogP contribution in [0.1, 0.15) is 63.4 Å². The summed E-state index contributed by atoms with van der Waals surface area (Å²) in [5.74, 6) is 0.865. The van der Waals surface area contributed by atoms with Gasteiger partial charge in [0.25, 0.3) is 5.91 Å². The van der Waals surface area contributed by atoms with E-state index in [0.29, 0.717) is 35.6 Å². The van der Waals surface area contributed by atoms with Gasteiger partial charge in [-0.3, -0.25) is 4.79 Å². The summed E-state index contributed by atoms with van der Waals surface area (Å²) in [6.07, 6.45) is 6.90. The number of carbonyl (C=O) groups is 2. The van der Waals surface area contributed by atoms with Gasteiger partial charge in [0.1, 0.15) is 34.9 Å². The van der Waals surface area contributed by atoms with E-state index in [9.17, 15) is 9.59 Å². The molecule has 10 heteroatoms. The predicted molar refractivity (Wildman–Crippen MR) is 137 cm³/mol. The number of likely N-dealkylation sites (tertiary alicyclic amines) is 1.